The summed E-state index contributed by atoms with van der Waals surface area (Å²) in [6.07, 6.45) is 5.82. The van der Waals surface area contributed by atoms with Gasteiger partial charge >= 0.3 is 0 Å². The molecule has 2 nitrogen and oxygen atoms in total. The Morgan fingerprint density at radius 3 is 1.79 bits per heavy atom. The minimum atomic E-state index is 0.976. The second-order valence-electron chi connectivity index (χ2n) is 6.25. The van der Waals surface area contributed by atoms with Crippen molar-refractivity contribution in [3.63, 3.8) is 0 Å². The zero-order valence-electron chi connectivity index (χ0n) is 10.1. The third-order valence-electron chi connectivity index (χ3n) is 4.60. The van der Waals surface area contributed by atoms with Crippen molar-refractivity contribution < 1.29 is 8.97 Å². The Bertz CT molecular complexity index is 194. The van der Waals surface area contributed by atoms with Crippen LogP contribution in [0.5, 0.6) is 0 Å². The van der Waals surface area contributed by atoms with Gasteiger partial charge in [-0.05, 0) is 0 Å². The molecule has 0 radical (unpaired) electrons. The van der Waals surface area contributed by atoms with Crippen molar-refractivity contribution >= 4 is 0 Å². The van der Waals surface area contributed by atoms with E-state index in [9.17, 15) is 0 Å². The van der Waals surface area contributed by atoms with E-state index in [-0.39, 0.29) is 0 Å². The van der Waals surface area contributed by atoms with Crippen LogP contribution in [0, 0.1) is 0 Å². The molecule has 2 aliphatic heterocycles. The van der Waals surface area contributed by atoms with Crippen LogP contribution in [0.3, 0.4) is 0 Å². The van der Waals surface area contributed by atoms with Gasteiger partial charge in [0.15, 0.2) is 0 Å². The lowest BCUT2D eigenvalue weighted by atomic mass is 10.0. The van der Waals surface area contributed by atoms with Gasteiger partial charge in [-0.2, -0.15) is 0 Å². The molecule has 0 saturated carbocycles. The normalized spacial score (nSPS) is 31.9. The summed E-state index contributed by atoms with van der Waals surface area (Å²) in [5.41, 5.74) is 0. The molecule has 0 aromatic rings. The Hall–Kier alpha value is -0.0800. The summed E-state index contributed by atoms with van der Waals surface area (Å²) in [4.78, 5) is 0. The van der Waals surface area contributed by atoms with E-state index in [4.69, 9.17) is 0 Å². The largest absolute Gasteiger partial charge is 0.328 e. The minimum absolute atomic E-state index is 0.976. The first-order valence-electron chi connectivity index (χ1n) is 6.18. The average Bonchev–Trinajstić information content (AvgIpc) is 2.53. The molecule has 0 aromatic heterocycles. The highest BCUT2D eigenvalue weighted by Gasteiger charge is 2.40. The molecule has 0 atom stereocenters. The molecule has 2 heteroatoms. The number of nitrogens with zero attached hydrogens (tertiary/aromatic N) is 2. The Labute approximate surface area is 88.7 Å². The molecule has 2 aliphatic rings. The third-order valence-corrected chi connectivity index (χ3v) is 4.60. The molecule has 0 bridgehead atoms. The molecule has 2 fully saturated rings. The van der Waals surface area contributed by atoms with Crippen LogP contribution < -0.4 is 0 Å². The van der Waals surface area contributed by atoms with Crippen molar-refractivity contribution in [2.75, 3.05) is 47.3 Å². The lowest BCUT2D eigenvalue weighted by Gasteiger charge is -2.44. The van der Waals surface area contributed by atoms with Gasteiger partial charge in [0.2, 0.25) is 0 Å². The van der Waals surface area contributed by atoms with Gasteiger partial charge in [0.25, 0.3) is 0 Å². The van der Waals surface area contributed by atoms with E-state index < -0.39 is 0 Å². The fourth-order valence-electron chi connectivity index (χ4n) is 3.30. The maximum Gasteiger partial charge on any atom is 0.0996 e. The smallest absolute Gasteiger partial charge is 0.0996 e. The molecular weight excluding hydrogens is 172 g/mol. The summed E-state index contributed by atoms with van der Waals surface area (Å²) in [5, 5.41) is 0. The molecule has 0 N–H and O–H groups in total. The molecule has 82 valence electrons. The van der Waals surface area contributed by atoms with Crippen molar-refractivity contribution in [2.45, 2.75) is 31.7 Å². The predicted molar refractivity (Wildman–Crippen MR) is 60.0 cm³/mol. The Balaban J connectivity index is 1.94. The molecular formula is C12H26N2+2. The Morgan fingerprint density at radius 1 is 0.786 bits per heavy atom. The van der Waals surface area contributed by atoms with Crippen LogP contribution in [0.15, 0.2) is 0 Å². The number of quaternary nitrogens is 2. The van der Waals surface area contributed by atoms with E-state index in [0.29, 0.717) is 0 Å². The number of rotatable bonds is 1. The van der Waals surface area contributed by atoms with Gasteiger partial charge in [0.05, 0.1) is 53.4 Å². The lowest BCUT2D eigenvalue weighted by molar-refractivity contribution is -0.951. The predicted octanol–water partition coefficient (Wildman–Crippen LogP) is 1.47. The summed E-state index contributed by atoms with van der Waals surface area (Å²) >= 11 is 0. The molecule has 2 saturated heterocycles. The number of hydrogen-bond donors (Lipinski definition) is 0. The van der Waals surface area contributed by atoms with E-state index in [1.807, 2.05) is 0 Å². The van der Waals surface area contributed by atoms with Gasteiger partial charge in [-0.25, -0.2) is 0 Å². The van der Waals surface area contributed by atoms with Crippen molar-refractivity contribution in [1.29, 1.82) is 0 Å². The first-order chi connectivity index (χ1) is 6.52. The first-order valence-corrected chi connectivity index (χ1v) is 6.18. The SMILES string of the molecule is C[N+]1(C)CCC([N+]2(C)CCCC2)CC1. The summed E-state index contributed by atoms with van der Waals surface area (Å²) in [7, 11) is 7.24. The van der Waals surface area contributed by atoms with Crippen LogP contribution >= 0.6 is 0 Å². The highest BCUT2D eigenvalue weighted by molar-refractivity contribution is 4.67. The molecule has 0 unspecified atom stereocenters. The average molecular weight is 198 g/mol. The monoisotopic (exact) mass is 198 g/mol. The summed E-state index contributed by atoms with van der Waals surface area (Å²) in [5.74, 6) is 0. The fraction of sp³-hybridized carbons (Fsp3) is 1.00. The summed E-state index contributed by atoms with van der Waals surface area (Å²) < 4.78 is 2.64. The summed E-state index contributed by atoms with van der Waals surface area (Å²) in [6, 6.07) is 0.976. The van der Waals surface area contributed by atoms with E-state index in [0.717, 1.165) is 6.04 Å². The van der Waals surface area contributed by atoms with Crippen molar-refractivity contribution in [2.24, 2.45) is 0 Å². The Morgan fingerprint density at radius 2 is 1.29 bits per heavy atom. The first kappa shape index (κ1) is 10.4. The van der Waals surface area contributed by atoms with E-state index in [1.165, 1.54) is 60.8 Å². The fourth-order valence-corrected chi connectivity index (χ4v) is 3.30. The summed E-state index contributed by atoms with van der Waals surface area (Å²) in [6.45, 7) is 5.66. The van der Waals surface area contributed by atoms with E-state index in [1.54, 1.807) is 0 Å². The molecule has 2 heterocycles. The molecule has 0 aromatic carbocycles. The zero-order chi connectivity index (χ0) is 10.2. The maximum atomic E-state index is 2.49. The van der Waals surface area contributed by atoms with Gasteiger partial charge in [0, 0.05) is 25.7 Å². The minimum Gasteiger partial charge on any atom is -0.328 e. The van der Waals surface area contributed by atoms with Gasteiger partial charge in [0.1, 0.15) is 0 Å². The molecule has 14 heavy (non-hydrogen) atoms. The van der Waals surface area contributed by atoms with E-state index in [2.05, 4.69) is 21.1 Å². The second-order valence-corrected chi connectivity index (χ2v) is 6.25. The van der Waals surface area contributed by atoms with Crippen molar-refractivity contribution in [3.05, 3.63) is 0 Å². The highest BCUT2D eigenvalue weighted by atomic mass is 15.4. The topological polar surface area (TPSA) is 0 Å². The van der Waals surface area contributed by atoms with Crippen LogP contribution in [-0.4, -0.2) is 62.3 Å². The zero-order valence-corrected chi connectivity index (χ0v) is 10.1. The standard InChI is InChI=1S/C12H26N2/c1-13(2)10-6-12(7-11-13)14(3)8-4-5-9-14/h12H,4-11H2,1-3H3/q+2. The highest BCUT2D eigenvalue weighted by Crippen LogP contribution is 2.28. The number of piperidine rings is 1. The van der Waals surface area contributed by atoms with Crippen LogP contribution in [0.4, 0.5) is 0 Å². The second kappa shape index (κ2) is 3.49. The third kappa shape index (κ3) is 1.96. The molecule has 0 amide bonds. The van der Waals surface area contributed by atoms with Gasteiger partial charge in [-0.1, -0.05) is 0 Å². The van der Waals surface area contributed by atoms with Crippen LogP contribution in [0.1, 0.15) is 25.7 Å². The van der Waals surface area contributed by atoms with Crippen LogP contribution in [-0.2, 0) is 0 Å². The number of likely N-dealkylation sites (tertiary alicyclic amines) is 2. The maximum absolute atomic E-state index is 2.49. The number of hydrogen-bond acceptors (Lipinski definition) is 0. The van der Waals surface area contributed by atoms with Crippen LogP contribution in [0.2, 0.25) is 0 Å². The molecule has 2 rings (SSSR count). The van der Waals surface area contributed by atoms with Gasteiger partial charge in [-0.3, -0.25) is 0 Å². The quantitative estimate of drug-likeness (QED) is 0.560. The molecule has 0 spiro atoms. The molecule has 0 aliphatic carbocycles. The van der Waals surface area contributed by atoms with Gasteiger partial charge in [-0.15, -0.1) is 0 Å². The van der Waals surface area contributed by atoms with Crippen molar-refractivity contribution in [3.8, 4) is 0 Å². The Kier molecular flexibility index (Phi) is 2.61. The van der Waals surface area contributed by atoms with E-state index >= 15 is 0 Å². The van der Waals surface area contributed by atoms with Crippen LogP contribution in [0.25, 0.3) is 0 Å². The van der Waals surface area contributed by atoms with Gasteiger partial charge < -0.3 is 8.97 Å². The van der Waals surface area contributed by atoms with Crippen molar-refractivity contribution in [1.82, 2.24) is 0 Å². The lowest BCUT2D eigenvalue weighted by Crippen LogP contribution is -2.57.